The van der Waals surface area contributed by atoms with Crippen molar-refractivity contribution in [1.29, 1.82) is 0 Å². The van der Waals surface area contributed by atoms with E-state index >= 15 is 0 Å². The van der Waals surface area contributed by atoms with E-state index in [0.29, 0.717) is 0 Å². The van der Waals surface area contributed by atoms with Gasteiger partial charge in [-0.25, -0.2) is 4.79 Å². The van der Waals surface area contributed by atoms with Crippen LogP contribution in [0.1, 0.15) is 12.8 Å². The Morgan fingerprint density at radius 1 is 0.933 bits per heavy atom. The predicted octanol–water partition coefficient (Wildman–Crippen LogP) is -2.17. The van der Waals surface area contributed by atoms with Crippen LogP contribution in [0.15, 0.2) is 0 Å². The fourth-order valence-corrected chi connectivity index (χ4v) is 0.714. The fraction of sp³-hybridized carbons (Fsp3) is 0.500. The number of carbonyl (C=O) groups is 3. The minimum absolute atomic E-state index is 0. The van der Waals surface area contributed by atoms with Crippen molar-refractivity contribution < 1.29 is 54.3 Å². The molecule has 0 aliphatic heterocycles. The van der Waals surface area contributed by atoms with E-state index in [1.54, 1.807) is 0 Å². The van der Waals surface area contributed by atoms with Gasteiger partial charge in [-0.2, -0.15) is 0 Å². The van der Waals surface area contributed by atoms with Crippen molar-refractivity contribution in [3.63, 3.8) is 0 Å². The summed E-state index contributed by atoms with van der Waals surface area (Å²) < 4.78 is 0. The summed E-state index contributed by atoms with van der Waals surface area (Å²) >= 11 is 0. The van der Waals surface area contributed by atoms with Gasteiger partial charge >= 0.3 is 41.0 Å². The van der Waals surface area contributed by atoms with E-state index in [-0.39, 0.29) is 42.5 Å². The summed E-state index contributed by atoms with van der Waals surface area (Å²) in [5, 5.41) is 33.8. The number of hydrogen-bond donors (Lipinski definition) is 4. The first-order valence-corrected chi connectivity index (χ1v) is 3.17. The van der Waals surface area contributed by atoms with Crippen molar-refractivity contribution >= 4 is 41.0 Å². The van der Waals surface area contributed by atoms with Crippen LogP contribution in [0.2, 0.25) is 0 Å². The molecule has 0 aliphatic rings. The molecule has 7 nitrogen and oxygen atoms in total. The molecule has 4 N–H and O–H groups in total. The molecule has 15 heavy (non-hydrogen) atoms. The Morgan fingerprint density at radius 3 is 1.33 bits per heavy atom. The summed E-state index contributed by atoms with van der Waals surface area (Å²) in [6.07, 6.45) is -2.29. The monoisotopic (exact) mass is 282 g/mol. The maximum Gasteiger partial charge on any atom is 0.336 e. The molecule has 0 heterocycles. The average molecular weight is 284 g/mol. The Kier molecular flexibility index (Phi) is 10.7. The van der Waals surface area contributed by atoms with Gasteiger partial charge in [0.05, 0.1) is 12.8 Å². The Hall–Kier alpha value is -0.240. The van der Waals surface area contributed by atoms with E-state index in [2.05, 4.69) is 0 Å². The van der Waals surface area contributed by atoms with E-state index in [4.69, 9.17) is 20.4 Å². The van der Waals surface area contributed by atoms with Crippen LogP contribution in [0.5, 0.6) is 0 Å². The molecule has 80 valence electrons. The Labute approximate surface area is 113 Å². The zero-order valence-electron chi connectivity index (χ0n) is 7.13. The summed E-state index contributed by atoms with van der Waals surface area (Å²) in [6.45, 7) is 0. The molecule has 0 saturated heterocycles. The topological polar surface area (TPSA) is 132 Å². The van der Waals surface area contributed by atoms with E-state index < -0.39 is 36.4 Å². The van der Waals surface area contributed by atoms with Crippen LogP contribution in [-0.4, -0.2) is 67.0 Å². The number of aliphatic carboxylic acids is 3. The summed E-state index contributed by atoms with van der Waals surface area (Å²) in [7, 11) is 0. The van der Waals surface area contributed by atoms with Crippen molar-refractivity contribution in [2.75, 3.05) is 0 Å². The molecule has 0 aromatic rings. The van der Waals surface area contributed by atoms with Crippen molar-refractivity contribution in [2.24, 2.45) is 0 Å². The average Bonchev–Trinajstić information content (AvgIpc) is 1.82. The van der Waals surface area contributed by atoms with Crippen LogP contribution in [0.4, 0.5) is 0 Å². The minimum Gasteiger partial charge on any atom is -0.481 e. The second-order valence-corrected chi connectivity index (χ2v) is 2.48. The molecule has 0 aromatic heterocycles. The number of rotatable bonds is 5. The molecule has 0 aliphatic carbocycles. The van der Waals surface area contributed by atoms with Gasteiger partial charge in [0, 0.05) is 19.5 Å². The minimum atomic E-state index is -2.74. The van der Waals surface area contributed by atoms with Crippen LogP contribution >= 0.6 is 0 Å². The summed E-state index contributed by atoms with van der Waals surface area (Å²) in [4.78, 5) is 30.5. The first kappa shape index (κ1) is 20.2. The maximum atomic E-state index is 10.3. The van der Waals surface area contributed by atoms with E-state index in [0.717, 1.165) is 0 Å². The van der Waals surface area contributed by atoms with Crippen molar-refractivity contribution in [3.05, 3.63) is 0 Å². The first-order chi connectivity index (χ1) is 5.78. The van der Waals surface area contributed by atoms with Gasteiger partial charge in [-0.15, -0.1) is 0 Å². The predicted molar refractivity (Wildman–Crippen MR) is 45.6 cm³/mol. The van der Waals surface area contributed by atoms with Crippen LogP contribution in [0, 0.1) is 0 Å². The molecule has 0 spiro atoms. The molecule has 0 rings (SSSR count). The van der Waals surface area contributed by atoms with Gasteiger partial charge in [0.1, 0.15) is 0 Å². The molecule has 0 unspecified atom stereocenters. The third-order valence-electron chi connectivity index (χ3n) is 1.29. The number of carboxylic acids is 3. The zero-order chi connectivity index (χ0) is 10.6. The quantitative estimate of drug-likeness (QED) is 0.422. The second kappa shape index (κ2) is 7.98. The molecule has 0 amide bonds. The van der Waals surface area contributed by atoms with Gasteiger partial charge < -0.3 is 20.4 Å². The number of carboxylic acid groups (broad SMARTS) is 3. The van der Waals surface area contributed by atoms with Gasteiger partial charge in [-0.1, -0.05) is 0 Å². The molecular weight excluding hydrogens is 274 g/mol. The summed E-state index contributed by atoms with van der Waals surface area (Å²) in [6, 6.07) is 0. The Bertz CT molecular complexity index is 238. The number of hydrogen-bond acceptors (Lipinski definition) is 4. The first-order valence-electron chi connectivity index (χ1n) is 3.17. The molecule has 0 saturated carbocycles. The largest absolute Gasteiger partial charge is 0.481 e. The molecule has 0 atom stereocenters. The summed E-state index contributed by atoms with van der Waals surface area (Å²) in [5.41, 5.74) is -2.74. The van der Waals surface area contributed by atoms with Gasteiger partial charge in [-0.05, 0) is 0 Å². The smallest absolute Gasteiger partial charge is 0.336 e. The van der Waals surface area contributed by atoms with Crippen LogP contribution < -0.4 is 0 Å². The van der Waals surface area contributed by atoms with Gasteiger partial charge in [0.25, 0.3) is 0 Å². The maximum absolute atomic E-state index is 10.3. The molecule has 0 aromatic carbocycles. The van der Waals surface area contributed by atoms with Crippen LogP contribution in [0.3, 0.4) is 0 Å². The van der Waals surface area contributed by atoms with E-state index in [1.807, 2.05) is 0 Å². The molecule has 0 radical (unpaired) electrons. The van der Waals surface area contributed by atoms with Crippen molar-refractivity contribution in [2.45, 2.75) is 18.4 Å². The van der Waals surface area contributed by atoms with Crippen molar-refractivity contribution in [1.82, 2.24) is 0 Å². The Balaban J connectivity index is -0.000000720. The number of aliphatic hydroxyl groups is 1. The molecular formula is C6H10MgO7Zn. The molecule has 9 heteroatoms. The SMILES string of the molecule is O=C(O)CC(O)(CC(=O)O)C(=O)O.[MgH2].[Zn]. The van der Waals surface area contributed by atoms with Crippen LogP contribution in [0.25, 0.3) is 0 Å². The third kappa shape index (κ3) is 7.66. The normalized spacial score (nSPS) is 9.40. The van der Waals surface area contributed by atoms with Gasteiger partial charge in [0.2, 0.25) is 0 Å². The fourth-order valence-electron chi connectivity index (χ4n) is 0.714. The third-order valence-corrected chi connectivity index (χ3v) is 1.29. The Morgan fingerprint density at radius 2 is 1.20 bits per heavy atom. The summed E-state index contributed by atoms with van der Waals surface area (Å²) in [5.74, 6) is -5.02. The van der Waals surface area contributed by atoms with Gasteiger partial charge in [-0.3, -0.25) is 9.59 Å². The molecule has 0 bridgehead atoms. The standard InChI is InChI=1S/C6H8O7.Mg.Zn.2H/c7-3(8)1-6(13,5(11)12)2-4(9)10;;;;/h13H,1-2H2,(H,7,8)(H,9,10)(H,11,12);;;;. The van der Waals surface area contributed by atoms with E-state index in [9.17, 15) is 14.4 Å². The van der Waals surface area contributed by atoms with Crippen LogP contribution in [-0.2, 0) is 33.9 Å². The van der Waals surface area contributed by atoms with E-state index in [1.165, 1.54) is 0 Å². The van der Waals surface area contributed by atoms with Gasteiger partial charge in [0.15, 0.2) is 5.60 Å². The van der Waals surface area contributed by atoms with Crippen molar-refractivity contribution in [3.8, 4) is 0 Å². The second-order valence-electron chi connectivity index (χ2n) is 2.48. The zero-order valence-corrected chi connectivity index (χ0v) is 10.1. The molecule has 0 fully saturated rings.